The van der Waals surface area contributed by atoms with Gasteiger partial charge >= 0.3 is 0 Å². The molecule has 1 atom stereocenters. The number of sulfonamides is 1. The Labute approximate surface area is 251 Å². The summed E-state index contributed by atoms with van der Waals surface area (Å²) in [7, 11) is -4.23. The number of aryl methyl sites for hydroxylation is 1. The quantitative estimate of drug-likeness (QED) is 0.234. The molecule has 0 aliphatic rings. The molecular weight excluding hydrogens is 593 g/mol. The number of amides is 2. The van der Waals surface area contributed by atoms with Crippen LogP contribution in [0.4, 0.5) is 5.69 Å². The summed E-state index contributed by atoms with van der Waals surface area (Å²) in [6.07, 6.45) is 1.69. The summed E-state index contributed by atoms with van der Waals surface area (Å²) in [4.78, 5) is 28.3. The lowest BCUT2D eigenvalue weighted by molar-refractivity contribution is -0.139. The zero-order valence-corrected chi connectivity index (χ0v) is 25.6. The van der Waals surface area contributed by atoms with E-state index < -0.39 is 28.5 Å². The van der Waals surface area contributed by atoms with Crippen molar-refractivity contribution in [2.24, 2.45) is 0 Å². The molecule has 0 saturated carbocycles. The molecule has 0 bridgehead atoms. The fraction of sp³-hybridized carbons (Fsp3) is 0.310. The van der Waals surface area contributed by atoms with Crippen molar-refractivity contribution in [3.8, 4) is 0 Å². The first-order valence-corrected chi connectivity index (χ1v) is 15.4. The predicted molar refractivity (Wildman–Crippen MR) is 162 cm³/mol. The maximum absolute atomic E-state index is 13.9. The van der Waals surface area contributed by atoms with E-state index in [9.17, 15) is 18.0 Å². The monoisotopic (exact) mass is 623 g/mol. The van der Waals surface area contributed by atoms with E-state index in [2.05, 4.69) is 5.32 Å². The van der Waals surface area contributed by atoms with Gasteiger partial charge in [0.15, 0.2) is 0 Å². The third-order valence-corrected chi connectivity index (χ3v) is 8.72. The normalized spacial score (nSPS) is 12.1. The Hall–Kier alpha value is -2.78. The summed E-state index contributed by atoms with van der Waals surface area (Å²) < 4.78 is 28.7. The van der Waals surface area contributed by atoms with E-state index in [1.807, 2.05) is 13.8 Å². The van der Waals surface area contributed by atoms with Crippen LogP contribution in [-0.2, 0) is 26.2 Å². The highest BCUT2D eigenvalue weighted by molar-refractivity contribution is 7.92. The van der Waals surface area contributed by atoms with Crippen molar-refractivity contribution >= 4 is 62.3 Å². The fourth-order valence-corrected chi connectivity index (χ4v) is 6.13. The lowest BCUT2D eigenvalue weighted by Gasteiger charge is -2.32. The maximum atomic E-state index is 13.9. The number of nitrogens with one attached hydrogen (secondary N) is 1. The second-order valence-electron chi connectivity index (χ2n) is 9.42. The van der Waals surface area contributed by atoms with Gasteiger partial charge in [-0.2, -0.15) is 0 Å². The van der Waals surface area contributed by atoms with E-state index in [-0.39, 0.29) is 33.1 Å². The van der Waals surface area contributed by atoms with Gasteiger partial charge in [-0.25, -0.2) is 8.42 Å². The molecule has 214 valence electrons. The highest BCUT2D eigenvalue weighted by Gasteiger charge is 2.32. The molecule has 3 aromatic rings. The molecule has 0 aliphatic carbocycles. The first-order valence-electron chi connectivity index (χ1n) is 12.8. The molecule has 0 spiro atoms. The number of carbonyl (C=O) groups excluding carboxylic acids is 2. The minimum atomic E-state index is -4.23. The SMILES string of the molecule is CCCCNC(=O)C(C)N(Cc1cccc(Cl)c1)C(=O)CN(c1cc(Cl)cc(Cl)c1)S(=O)(=O)c1ccc(C)cc1. The van der Waals surface area contributed by atoms with Crippen molar-refractivity contribution < 1.29 is 18.0 Å². The van der Waals surface area contributed by atoms with Gasteiger partial charge in [0.25, 0.3) is 10.0 Å². The summed E-state index contributed by atoms with van der Waals surface area (Å²) in [5, 5.41) is 3.74. The first-order chi connectivity index (χ1) is 18.9. The molecule has 7 nitrogen and oxygen atoms in total. The number of unbranched alkanes of at least 4 members (excludes halogenated alkanes) is 1. The first kappa shape index (κ1) is 31.7. The molecule has 0 aromatic heterocycles. The molecule has 0 heterocycles. The van der Waals surface area contributed by atoms with E-state index in [0.717, 1.165) is 22.7 Å². The lowest BCUT2D eigenvalue weighted by atomic mass is 10.1. The van der Waals surface area contributed by atoms with Crippen molar-refractivity contribution in [2.45, 2.75) is 51.1 Å². The van der Waals surface area contributed by atoms with E-state index in [1.54, 1.807) is 43.3 Å². The Morgan fingerprint density at radius 1 is 0.925 bits per heavy atom. The summed E-state index contributed by atoms with van der Waals surface area (Å²) in [5.74, 6) is -0.938. The Balaban J connectivity index is 2.03. The van der Waals surface area contributed by atoms with Crippen LogP contribution in [0.15, 0.2) is 71.6 Å². The minimum absolute atomic E-state index is 0.00579. The van der Waals surface area contributed by atoms with Crippen molar-refractivity contribution in [3.05, 3.63) is 92.9 Å². The van der Waals surface area contributed by atoms with Gasteiger partial charge in [-0.15, -0.1) is 0 Å². The zero-order valence-electron chi connectivity index (χ0n) is 22.5. The van der Waals surface area contributed by atoms with Gasteiger partial charge in [-0.3, -0.25) is 13.9 Å². The van der Waals surface area contributed by atoms with Crippen LogP contribution in [-0.4, -0.2) is 44.3 Å². The van der Waals surface area contributed by atoms with Crippen LogP contribution >= 0.6 is 34.8 Å². The largest absolute Gasteiger partial charge is 0.354 e. The number of benzene rings is 3. The average molecular weight is 625 g/mol. The lowest BCUT2D eigenvalue weighted by Crippen LogP contribution is -2.51. The Morgan fingerprint density at radius 3 is 2.17 bits per heavy atom. The van der Waals surface area contributed by atoms with Crippen LogP contribution in [0, 0.1) is 6.92 Å². The topological polar surface area (TPSA) is 86.8 Å². The third-order valence-electron chi connectivity index (χ3n) is 6.26. The van der Waals surface area contributed by atoms with Gasteiger partial charge in [0.05, 0.1) is 10.6 Å². The van der Waals surface area contributed by atoms with E-state index >= 15 is 0 Å². The van der Waals surface area contributed by atoms with Crippen molar-refractivity contribution in [3.63, 3.8) is 0 Å². The number of carbonyl (C=O) groups is 2. The summed E-state index contributed by atoms with van der Waals surface area (Å²) in [6.45, 7) is 5.37. The van der Waals surface area contributed by atoms with Gasteiger partial charge < -0.3 is 10.2 Å². The molecule has 1 unspecified atom stereocenters. The number of hydrogen-bond acceptors (Lipinski definition) is 4. The van der Waals surface area contributed by atoms with Gasteiger partial charge in [-0.05, 0) is 68.3 Å². The Kier molecular flexibility index (Phi) is 11.3. The van der Waals surface area contributed by atoms with Gasteiger partial charge in [0.2, 0.25) is 11.8 Å². The predicted octanol–water partition coefficient (Wildman–Crippen LogP) is 6.48. The molecule has 3 rings (SSSR count). The molecule has 0 aliphatic heterocycles. The highest BCUT2D eigenvalue weighted by Crippen LogP contribution is 2.30. The number of anilines is 1. The smallest absolute Gasteiger partial charge is 0.264 e. The van der Waals surface area contributed by atoms with Crippen LogP contribution in [0.2, 0.25) is 15.1 Å². The third kappa shape index (κ3) is 8.36. The van der Waals surface area contributed by atoms with Crippen LogP contribution in [0.5, 0.6) is 0 Å². The second-order valence-corrected chi connectivity index (χ2v) is 12.6. The number of nitrogens with zero attached hydrogens (tertiary/aromatic N) is 2. The number of hydrogen-bond donors (Lipinski definition) is 1. The summed E-state index contributed by atoms with van der Waals surface area (Å²) in [5.41, 5.74) is 1.69. The number of halogens is 3. The molecule has 1 N–H and O–H groups in total. The van der Waals surface area contributed by atoms with Crippen molar-refractivity contribution in [1.29, 1.82) is 0 Å². The molecule has 0 saturated heterocycles. The van der Waals surface area contributed by atoms with E-state index in [4.69, 9.17) is 34.8 Å². The molecule has 0 radical (unpaired) electrons. The molecule has 40 heavy (non-hydrogen) atoms. The minimum Gasteiger partial charge on any atom is -0.354 e. The number of rotatable bonds is 12. The molecule has 11 heteroatoms. The Morgan fingerprint density at radius 2 is 1.57 bits per heavy atom. The van der Waals surface area contributed by atoms with Crippen molar-refractivity contribution in [1.82, 2.24) is 10.2 Å². The zero-order chi connectivity index (χ0) is 29.4. The van der Waals surface area contributed by atoms with Crippen LogP contribution in [0.1, 0.15) is 37.8 Å². The molecule has 3 aromatic carbocycles. The fourth-order valence-electron chi connectivity index (χ4n) is 4.00. The highest BCUT2D eigenvalue weighted by atomic mass is 35.5. The van der Waals surface area contributed by atoms with Gasteiger partial charge in [-0.1, -0.05) is 78.0 Å². The second kappa shape index (κ2) is 14.2. The van der Waals surface area contributed by atoms with Crippen LogP contribution < -0.4 is 9.62 Å². The summed E-state index contributed by atoms with van der Waals surface area (Å²) >= 11 is 18.6. The maximum Gasteiger partial charge on any atom is 0.264 e. The van der Waals surface area contributed by atoms with Crippen molar-refractivity contribution in [2.75, 3.05) is 17.4 Å². The van der Waals surface area contributed by atoms with Crippen LogP contribution in [0.25, 0.3) is 0 Å². The van der Waals surface area contributed by atoms with Gasteiger partial charge in [0.1, 0.15) is 12.6 Å². The average Bonchev–Trinajstić information content (AvgIpc) is 2.89. The van der Waals surface area contributed by atoms with E-state index in [1.165, 1.54) is 35.2 Å². The Bertz CT molecular complexity index is 1430. The molecular formula is C29H32Cl3N3O4S. The summed E-state index contributed by atoms with van der Waals surface area (Å²) in [6, 6.07) is 16.7. The molecule has 2 amide bonds. The van der Waals surface area contributed by atoms with Gasteiger partial charge in [0, 0.05) is 28.2 Å². The standard InChI is InChI=1S/C29H32Cl3N3O4S/c1-4-5-13-33-29(37)21(3)34(18-22-7-6-8-23(30)14-22)28(36)19-35(26-16-24(31)15-25(32)17-26)40(38,39)27-11-9-20(2)10-12-27/h6-12,14-17,21H,4-5,13,18-19H2,1-3H3,(H,33,37). The molecule has 0 fully saturated rings. The van der Waals surface area contributed by atoms with E-state index in [0.29, 0.717) is 17.1 Å². The van der Waals surface area contributed by atoms with Crippen LogP contribution in [0.3, 0.4) is 0 Å².